The summed E-state index contributed by atoms with van der Waals surface area (Å²) in [6.45, 7) is 1.41. The molecule has 2 heterocycles. The van der Waals surface area contributed by atoms with E-state index in [2.05, 4.69) is 45.4 Å². The van der Waals surface area contributed by atoms with Gasteiger partial charge in [-0.3, -0.25) is 0 Å². The van der Waals surface area contributed by atoms with Gasteiger partial charge in [0.05, 0.1) is 3.79 Å². The minimum Gasteiger partial charge on any atom is -0.355 e. The fraction of sp³-hybridized carbons (Fsp3) is 0.400. The van der Waals surface area contributed by atoms with Crippen molar-refractivity contribution in [1.82, 2.24) is 4.98 Å². The molecular formula is C15H18BrN3S. The molecule has 106 valence electrons. The highest BCUT2D eigenvalue weighted by atomic mass is 79.9. The molecule has 0 unspecified atom stereocenters. The molecular weight excluding hydrogens is 334 g/mol. The van der Waals surface area contributed by atoms with Crippen LogP contribution in [0.5, 0.6) is 0 Å². The summed E-state index contributed by atoms with van der Waals surface area (Å²) in [5.41, 5.74) is 11.0. The van der Waals surface area contributed by atoms with Crippen LogP contribution in [0.25, 0.3) is 0 Å². The Bertz CT molecular complexity index is 624. The second kappa shape index (κ2) is 5.84. The Hall–Kier alpha value is -0.910. The molecule has 0 saturated heterocycles. The van der Waals surface area contributed by atoms with Crippen molar-refractivity contribution in [2.45, 2.75) is 32.4 Å². The van der Waals surface area contributed by atoms with Gasteiger partial charge in [0.25, 0.3) is 0 Å². The zero-order chi connectivity index (χ0) is 14.1. The van der Waals surface area contributed by atoms with Crippen LogP contribution in [0.1, 0.15) is 28.8 Å². The van der Waals surface area contributed by atoms with Crippen LogP contribution in [0.3, 0.4) is 0 Å². The van der Waals surface area contributed by atoms with Crippen LogP contribution in [0.15, 0.2) is 21.3 Å². The minimum absolute atomic E-state index is 0.549. The predicted octanol–water partition coefficient (Wildman–Crippen LogP) is 3.49. The number of hydrogen-bond donors (Lipinski definition) is 1. The van der Waals surface area contributed by atoms with Crippen molar-refractivity contribution >= 4 is 33.1 Å². The third-order valence-corrected chi connectivity index (χ3v) is 5.28. The van der Waals surface area contributed by atoms with Crippen LogP contribution in [-0.2, 0) is 25.9 Å². The summed E-state index contributed by atoms with van der Waals surface area (Å²) in [6.07, 6.45) is 3.47. The van der Waals surface area contributed by atoms with Crippen LogP contribution in [0.4, 0.5) is 5.82 Å². The molecule has 0 atom stereocenters. The van der Waals surface area contributed by atoms with Gasteiger partial charge in [-0.25, -0.2) is 4.98 Å². The zero-order valence-electron chi connectivity index (χ0n) is 11.5. The number of thiophene rings is 1. The lowest BCUT2D eigenvalue weighted by atomic mass is 10.1. The number of anilines is 1. The lowest BCUT2D eigenvalue weighted by Gasteiger charge is -2.21. The van der Waals surface area contributed by atoms with Crippen molar-refractivity contribution in [1.29, 1.82) is 0 Å². The molecule has 0 amide bonds. The van der Waals surface area contributed by atoms with Gasteiger partial charge >= 0.3 is 0 Å². The Labute approximate surface area is 131 Å². The number of rotatable bonds is 4. The summed E-state index contributed by atoms with van der Waals surface area (Å²) >= 11 is 5.23. The topological polar surface area (TPSA) is 42.2 Å². The highest BCUT2D eigenvalue weighted by Gasteiger charge is 2.18. The van der Waals surface area contributed by atoms with Crippen LogP contribution >= 0.6 is 27.3 Å². The Kier molecular flexibility index (Phi) is 4.10. The summed E-state index contributed by atoms with van der Waals surface area (Å²) < 4.78 is 1.17. The maximum Gasteiger partial charge on any atom is 0.133 e. The Morgan fingerprint density at radius 1 is 1.40 bits per heavy atom. The van der Waals surface area contributed by atoms with E-state index in [4.69, 9.17) is 10.7 Å². The first-order valence-electron chi connectivity index (χ1n) is 6.83. The average Bonchev–Trinajstić information content (AvgIpc) is 3.05. The number of fused-ring (bicyclic) bond motifs is 1. The molecule has 0 aliphatic heterocycles. The first-order valence-corrected chi connectivity index (χ1v) is 8.50. The Morgan fingerprint density at radius 3 is 2.95 bits per heavy atom. The summed E-state index contributed by atoms with van der Waals surface area (Å²) in [6, 6.07) is 4.42. The van der Waals surface area contributed by atoms with Gasteiger partial charge in [-0.05, 0) is 63.8 Å². The van der Waals surface area contributed by atoms with Crippen molar-refractivity contribution < 1.29 is 0 Å². The smallest absolute Gasteiger partial charge is 0.133 e. The fourth-order valence-corrected chi connectivity index (χ4v) is 3.97. The molecule has 0 spiro atoms. The Morgan fingerprint density at radius 2 is 2.25 bits per heavy atom. The molecule has 0 saturated carbocycles. The molecule has 3 rings (SSSR count). The number of halogens is 1. The van der Waals surface area contributed by atoms with Gasteiger partial charge in [0.15, 0.2) is 0 Å². The highest BCUT2D eigenvalue weighted by molar-refractivity contribution is 9.11. The van der Waals surface area contributed by atoms with E-state index in [1.54, 1.807) is 11.3 Å². The highest BCUT2D eigenvalue weighted by Crippen LogP contribution is 2.28. The molecule has 1 aliphatic rings. The minimum atomic E-state index is 0.549. The number of pyridine rings is 1. The van der Waals surface area contributed by atoms with E-state index in [0.29, 0.717) is 6.54 Å². The lowest BCUT2D eigenvalue weighted by Crippen LogP contribution is -2.21. The molecule has 0 aromatic carbocycles. The maximum absolute atomic E-state index is 5.91. The van der Waals surface area contributed by atoms with E-state index in [0.717, 1.165) is 30.8 Å². The fourth-order valence-electron chi connectivity index (χ4n) is 2.77. The number of nitrogens with two attached hydrogens (primary N) is 1. The zero-order valence-corrected chi connectivity index (χ0v) is 13.9. The van der Waals surface area contributed by atoms with Gasteiger partial charge in [-0.1, -0.05) is 0 Å². The van der Waals surface area contributed by atoms with Crippen molar-refractivity contribution in [3.8, 4) is 0 Å². The normalized spacial score (nSPS) is 13.6. The number of hydrogen-bond acceptors (Lipinski definition) is 4. The molecule has 3 nitrogen and oxygen atoms in total. The van der Waals surface area contributed by atoms with Crippen molar-refractivity contribution in [3.05, 3.63) is 43.7 Å². The molecule has 20 heavy (non-hydrogen) atoms. The van der Waals surface area contributed by atoms with Crippen molar-refractivity contribution in [2.24, 2.45) is 5.73 Å². The van der Waals surface area contributed by atoms with Crippen LogP contribution in [0.2, 0.25) is 0 Å². The lowest BCUT2D eigenvalue weighted by molar-refractivity contribution is 0.861. The summed E-state index contributed by atoms with van der Waals surface area (Å²) in [5.74, 6) is 1.04. The van der Waals surface area contributed by atoms with Gasteiger partial charge in [-0.15, -0.1) is 11.3 Å². The average molecular weight is 352 g/mol. The van der Waals surface area contributed by atoms with Gasteiger partial charge < -0.3 is 10.6 Å². The second-order valence-corrected chi connectivity index (χ2v) is 7.54. The molecule has 2 aromatic rings. The molecule has 0 radical (unpaired) electrons. The van der Waals surface area contributed by atoms with Gasteiger partial charge in [-0.2, -0.15) is 0 Å². The SMILES string of the molecule is CN(Cc1csc(Br)c1)c1nc2c(cc1CN)CCC2. The largest absolute Gasteiger partial charge is 0.355 e. The first kappa shape index (κ1) is 14.0. The monoisotopic (exact) mass is 351 g/mol. The third kappa shape index (κ3) is 2.75. The maximum atomic E-state index is 5.91. The molecule has 5 heteroatoms. The molecule has 2 aromatic heterocycles. The number of aromatic nitrogens is 1. The van der Waals surface area contributed by atoms with E-state index in [9.17, 15) is 0 Å². The van der Waals surface area contributed by atoms with E-state index in [1.165, 1.54) is 27.0 Å². The molecule has 2 N–H and O–H groups in total. The molecule has 0 bridgehead atoms. The van der Waals surface area contributed by atoms with Crippen LogP contribution in [0, 0.1) is 0 Å². The van der Waals surface area contributed by atoms with Gasteiger partial charge in [0.2, 0.25) is 0 Å². The summed E-state index contributed by atoms with van der Waals surface area (Å²) in [5, 5.41) is 2.18. The van der Waals surface area contributed by atoms with E-state index < -0.39 is 0 Å². The van der Waals surface area contributed by atoms with Crippen LogP contribution < -0.4 is 10.6 Å². The van der Waals surface area contributed by atoms with Crippen molar-refractivity contribution in [2.75, 3.05) is 11.9 Å². The predicted molar refractivity (Wildman–Crippen MR) is 88.3 cm³/mol. The quantitative estimate of drug-likeness (QED) is 0.916. The van der Waals surface area contributed by atoms with Crippen molar-refractivity contribution in [3.63, 3.8) is 0 Å². The van der Waals surface area contributed by atoms with Gasteiger partial charge in [0.1, 0.15) is 5.82 Å². The molecule has 0 fully saturated rings. The molecule has 1 aliphatic carbocycles. The summed E-state index contributed by atoms with van der Waals surface area (Å²) in [7, 11) is 2.09. The van der Waals surface area contributed by atoms with Gasteiger partial charge in [0, 0.05) is 31.4 Å². The number of nitrogens with zero attached hydrogens (tertiary/aromatic N) is 2. The standard InChI is InChI=1S/C15H18BrN3S/c1-19(8-10-5-14(16)20-9-10)15-12(7-17)6-11-3-2-4-13(11)18-15/h5-6,9H,2-4,7-8,17H2,1H3. The number of aryl methyl sites for hydroxylation is 2. The first-order chi connectivity index (χ1) is 9.67. The van der Waals surface area contributed by atoms with E-state index in [-0.39, 0.29) is 0 Å². The van der Waals surface area contributed by atoms with E-state index >= 15 is 0 Å². The van der Waals surface area contributed by atoms with Crippen LogP contribution in [-0.4, -0.2) is 12.0 Å². The van der Waals surface area contributed by atoms with E-state index in [1.807, 2.05) is 0 Å². The second-order valence-electron chi connectivity index (χ2n) is 5.25. The third-order valence-electron chi connectivity index (χ3n) is 3.73. The Balaban J connectivity index is 1.88. The summed E-state index contributed by atoms with van der Waals surface area (Å²) in [4.78, 5) is 7.07.